The number of alkyl halides is 1. The molecule has 16 heavy (non-hydrogen) atoms. The Kier molecular flexibility index (Phi) is 2.25. The molecule has 3 N–H and O–H groups in total. The summed E-state index contributed by atoms with van der Waals surface area (Å²) in [6, 6.07) is 5.66. The van der Waals surface area contributed by atoms with Crippen LogP contribution in [0, 0.1) is 0 Å². The lowest BCUT2D eigenvalue weighted by molar-refractivity contribution is 0.342. The first-order valence-electron chi connectivity index (χ1n) is 5.37. The van der Waals surface area contributed by atoms with Crippen molar-refractivity contribution in [1.29, 1.82) is 0 Å². The molecule has 0 aliphatic carbocycles. The van der Waals surface area contributed by atoms with Crippen LogP contribution in [0.2, 0.25) is 0 Å². The molecule has 0 unspecified atom stereocenters. The maximum atomic E-state index is 13.4. The Morgan fingerprint density at radius 2 is 2.31 bits per heavy atom. The summed E-state index contributed by atoms with van der Waals surface area (Å²) >= 11 is 0. The zero-order valence-corrected chi connectivity index (χ0v) is 8.70. The number of hydrogen-bond donors (Lipinski definition) is 3. The normalized spacial score (nSPS) is 25.1. The Morgan fingerprint density at radius 1 is 1.38 bits per heavy atom. The lowest BCUT2D eigenvalue weighted by atomic mass is 10.2. The van der Waals surface area contributed by atoms with Gasteiger partial charge in [0.1, 0.15) is 6.17 Å². The van der Waals surface area contributed by atoms with Gasteiger partial charge in [-0.1, -0.05) is 0 Å². The number of nitrogens with zero attached hydrogens (tertiary/aromatic N) is 1. The Hall–Kier alpha value is -1.62. The summed E-state index contributed by atoms with van der Waals surface area (Å²) < 4.78 is 13.4. The molecule has 0 radical (unpaired) electrons. The van der Waals surface area contributed by atoms with Gasteiger partial charge in [0.2, 0.25) is 0 Å². The maximum Gasteiger partial charge on any atom is 0.134 e. The minimum atomic E-state index is -0.822. The molecule has 0 bridgehead atoms. The predicted molar refractivity (Wildman–Crippen MR) is 61.3 cm³/mol. The molecule has 1 aromatic heterocycles. The van der Waals surface area contributed by atoms with Gasteiger partial charge < -0.3 is 15.6 Å². The molecular weight excluding hydrogens is 207 g/mol. The third-order valence-electron chi connectivity index (χ3n) is 2.91. The van der Waals surface area contributed by atoms with Crippen LogP contribution in [0.15, 0.2) is 24.5 Å². The molecule has 0 amide bonds. The summed E-state index contributed by atoms with van der Waals surface area (Å²) in [4.78, 5) is 7.17. The van der Waals surface area contributed by atoms with E-state index in [9.17, 15) is 4.39 Å². The van der Waals surface area contributed by atoms with Gasteiger partial charge in [-0.2, -0.15) is 0 Å². The second kappa shape index (κ2) is 3.75. The van der Waals surface area contributed by atoms with Crippen LogP contribution in [-0.4, -0.2) is 35.3 Å². The first-order chi connectivity index (χ1) is 7.83. The second-order valence-corrected chi connectivity index (χ2v) is 4.06. The molecule has 2 atom stereocenters. The highest BCUT2D eigenvalue weighted by atomic mass is 19.1. The molecule has 4 nitrogen and oxygen atoms in total. The van der Waals surface area contributed by atoms with Crippen molar-refractivity contribution in [2.45, 2.75) is 12.2 Å². The van der Waals surface area contributed by atoms with Gasteiger partial charge in [-0.3, -0.25) is 0 Å². The van der Waals surface area contributed by atoms with Gasteiger partial charge in [0.25, 0.3) is 0 Å². The fourth-order valence-electron chi connectivity index (χ4n) is 2.03. The van der Waals surface area contributed by atoms with Crippen LogP contribution >= 0.6 is 0 Å². The van der Waals surface area contributed by atoms with Crippen molar-refractivity contribution < 1.29 is 4.39 Å². The maximum absolute atomic E-state index is 13.4. The van der Waals surface area contributed by atoms with E-state index in [1.54, 1.807) is 6.33 Å². The van der Waals surface area contributed by atoms with Crippen LogP contribution < -0.4 is 10.6 Å². The van der Waals surface area contributed by atoms with Gasteiger partial charge >= 0.3 is 0 Å². The molecule has 1 aromatic carbocycles. The number of anilines is 1. The topological polar surface area (TPSA) is 52.7 Å². The monoisotopic (exact) mass is 220 g/mol. The molecule has 3 rings (SSSR count). The highest BCUT2D eigenvalue weighted by Gasteiger charge is 2.26. The summed E-state index contributed by atoms with van der Waals surface area (Å²) in [5.74, 6) is 0. The van der Waals surface area contributed by atoms with Crippen molar-refractivity contribution in [2.24, 2.45) is 0 Å². The molecule has 1 saturated heterocycles. The van der Waals surface area contributed by atoms with Gasteiger partial charge in [0.05, 0.1) is 23.4 Å². The Labute approximate surface area is 92.3 Å². The van der Waals surface area contributed by atoms with Crippen molar-refractivity contribution in [3.05, 3.63) is 24.5 Å². The number of nitrogens with one attached hydrogen (secondary N) is 3. The van der Waals surface area contributed by atoms with E-state index in [4.69, 9.17) is 0 Å². The van der Waals surface area contributed by atoms with Gasteiger partial charge in [-0.25, -0.2) is 9.37 Å². The standard InChI is InChI=1S/C11H13FN4/c12-8-4-13-5-11(8)16-7-1-2-9-10(3-7)15-6-14-9/h1-3,6,8,11,13,16H,4-5H2,(H,14,15)/t8-,11+/m1/s1. The van der Waals surface area contributed by atoms with E-state index in [1.165, 1.54) is 0 Å². The second-order valence-electron chi connectivity index (χ2n) is 4.06. The Bertz CT molecular complexity index is 495. The minimum Gasteiger partial charge on any atom is -0.378 e. The smallest absolute Gasteiger partial charge is 0.134 e. The first kappa shape index (κ1) is 9.59. The van der Waals surface area contributed by atoms with E-state index in [-0.39, 0.29) is 6.04 Å². The molecule has 2 aromatic rings. The van der Waals surface area contributed by atoms with Crippen molar-refractivity contribution in [1.82, 2.24) is 15.3 Å². The highest BCUT2D eigenvalue weighted by Crippen LogP contribution is 2.18. The average Bonchev–Trinajstić information content (AvgIpc) is 2.88. The van der Waals surface area contributed by atoms with Crippen molar-refractivity contribution in [3.8, 4) is 0 Å². The van der Waals surface area contributed by atoms with Gasteiger partial charge in [0.15, 0.2) is 0 Å². The minimum absolute atomic E-state index is 0.139. The number of imidazole rings is 1. The van der Waals surface area contributed by atoms with E-state index in [0.717, 1.165) is 16.7 Å². The SMILES string of the molecule is F[C@@H]1CNC[C@@H]1Nc1ccc2nc[nH]c2c1. The molecule has 0 spiro atoms. The van der Waals surface area contributed by atoms with Crippen LogP contribution in [-0.2, 0) is 0 Å². The molecule has 5 heteroatoms. The summed E-state index contributed by atoms with van der Waals surface area (Å²) in [5.41, 5.74) is 2.81. The first-order valence-corrected chi connectivity index (χ1v) is 5.37. The van der Waals surface area contributed by atoms with Crippen molar-refractivity contribution in [3.63, 3.8) is 0 Å². The number of aromatic nitrogens is 2. The number of fused-ring (bicyclic) bond motifs is 1. The third kappa shape index (κ3) is 1.63. The number of aromatic amines is 1. The number of rotatable bonds is 2. The summed E-state index contributed by atoms with van der Waals surface area (Å²) in [7, 11) is 0. The largest absolute Gasteiger partial charge is 0.378 e. The molecule has 84 valence electrons. The number of H-pyrrole nitrogens is 1. The van der Waals surface area contributed by atoms with Gasteiger partial charge in [0, 0.05) is 18.8 Å². The zero-order chi connectivity index (χ0) is 11.0. The fraction of sp³-hybridized carbons (Fsp3) is 0.364. The zero-order valence-electron chi connectivity index (χ0n) is 8.70. The fourth-order valence-corrected chi connectivity index (χ4v) is 2.03. The summed E-state index contributed by atoms with van der Waals surface area (Å²) in [6.07, 6.45) is 0.834. The Balaban J connectivity index is 1.83. The van der Waals surface area contributed by atoms with E-state index < -0.39 is 6.17 Å². The molecule has 1 aliphatic rings. The number of halogens is 1. The Morgan fingerprint density at radius 3 is 3.12 bits per heavy atom. The molecular formula is C11H13FN4. The number of benzene rings is 1. The van der Waals surface area contributed by atoms with E-state index in [1.807, 2.05) is 18.2 Å². The van der Waals surface area contributed by atoms with Crippen LogP contribution in [0.25, 0.3) is 11.0 Å². The highest BCUT2D eigenvalue weighted by molar-refractivity contribution is 5.78. The van der Waals surface area contributed by atoms with Crippen molar-refractivity contribution >= 4 is 16.7 Å². The quantitative estimate of drug-likeness (QED) is 0.714. The summed E-state index contributed by atoms with van der Waals surface area (Å²) in [5, 5.41) is 6.20. The van der Waals surface area contributed by atoms with Crippen LogP contribution in [0.1, 0.15) is 0 Å². The lowest BCUT2D eigenvalue weighted by Crippen LogP contribution is -2.29. The molecule has 1 fully saturated rings. The van der Waals surface area contributed by atoms with Crippen LogP contribution in [0.4, 0.5) is 10.1 Å². The van der Waals surface area contributed by atoms with Gasteiger partial charge in [-0.05, 0) is 18.2 Å². The lowest BCUT2D eigenvalue weighted by Gasteiger charge is -2.15. The summed E-state index contributed by atoms with van der Waals surface area (Å²) in [6.45, 7) is 1.10. The van der Waals surface area contributed by atoms with Gasteiger partial charge in [-0.15, -0.1) is 0 Å². The third-order valence-corrected chi connectivity index (χ3v) is 2.91. The van der Waals surface area contributed by atoms with Crippen LogP contribution in [0.3, 0.4) is 0 Å². The van der Waals surface area contributed by atoms with E-state index in [2.05, 4.69) is 20.6 Å². The van der Waals surface area contributed by atoms with E-state index >= 15 is 0 Å². The predicted octanol–water partition coefficient (Wildman–Crippen LogP) is 1.28. The molecule has 2 heterocycles. The molecule has 0 saturated carbocycles. The number of hydrogen-bond acceptors (Lipinski definition) is 3. The molecule has 1 aliphatic heterocycles. The van der Waals surface area contributed by atoms with Crippen molar-refractivity contribution in [2.75, 3.05) is 18.4 Å². The average molecular weight is 220 g/mol. The van der Waals surface area contributed by atoms with E-state index in [0.29, 0.717) is 13.1 Å². The van der Waals surface area contributed by atoms with Crippen LogP contribution in [0.5, 0.6) is 0 Å².